The summed E-state index contributed by atoms with van der Waals surface area (Å²) < 4.78 is 19.9. The summed E-state index contributed by atoms with van der Waals surface area (Å²) >= 11 is 7.70. The molecule has 0 radical (unpaired) electrons. The smallest absolute Gasteiger partial charge is 0.315 e. The number of aliphatic hydroxyl groups excluding tert-OH is 1. The third-order valence-electron chi connectivity index (χ3n) is 4.45. The second kappa shape index (κ2) is 9.49. The maximum Gasteiger partial charge on any atom is 0.315 e. The number of hydrogen-bond donors (Lipinski definition) is 3. The van der Waals surface area contributed by atoms with Gasteiger partial charge in [-0.25, -0.2) is 9.18 Å². The third kappa shape index (κ3) is 5.10. The molecule has 1 aliphatic heterocycles. The van der Waals surface area contributed by atoms with E-state index >= 15 is 0 Å². The van der Waals surface area contributed by atoms with Gasteiger partial charge in [-0.1, -0.05) is 29.8 Å². The van der Waals surface area contributed by atoms with Crippen molar-refractivity contribution in [3.63, 3.8) is 0 Å². The molecule has 1 heterocycles. The van der Waals surface area contributed by atoms with Crippen LogP contribution >= 0.6 is 23.4 Å². The van der Waals surface area contributed by atoms with Gasteiger partial charge in [-0.15, -0.1) is 11.8 Å². The summed E-state index contributed by atoms with van der Waals surface area (Å²) in [6.07, 6.45) is -0.584. The Morgan fingerprint density at radius 2 is 2.14 bits per heavy atom. The van der Waals surface area contributed by atoms with Gasteiger partial charge in [-0.05, 0) is 31.2 Å². The number of amides is 2. The zero-order chi connectivity index (χ0) is 20.1. The number of fused-ring (bicyclic) bond motifs is 1. The van der Waals surface area contributed by atoms with Gasteiger partial charge in [0, 0.05) is 34.2 Å². The highest BCUT2D eigenvalue weighted by molar-refractivity contribution is 7.99. The number of urea groups is 1. The summed E-state index contributed by atoms with van der Waals surface area (Å²) in [5.41, 5.74) is -0.0248. The first-order valence-corrected chi connectivity index (χ1v) is 10.4. The Morgan fingerprint density at radius 1 is 1.36 bits per heavy atom. The van der Waals surface area contributed by atoms with Crippen molar-refractivity contribution in [3.05, 3.63) is 58.9 Å². The van der Waals surface area contributed by atoms with Gasteiger partial charge in [0.15, 0.2) is 0 Å². The largest absolute Gasteiger partial charge is 0.488 e. The van der Waals surface area contributed by atoms with Crippen molar-refractivity contribution >= 4 is 29.4 Å². The monoisotopic (exact) mass is 424 g/mol. The highest BCUT2D eigenvalue weighted by atomic mass is 35.5. The molecule has 3 N–H and O–H groups in total. The van der Waals surface area contributed by atoms with E-state index in [0.717, 1.165) is 16.4 Å². The molecule has 3 unspecified atom stereocenters. The second-order valence-corrected chi connectivity index (χ2v) is 8.02. The fourth-order valence-electron chi connectivity index (χ4n) is 2.93. The van der Waals surface area contributed by atoms with Gasteiger partial charge in [-0.2, -0.15) is 0 Å². The lowest BCUT2D eigenvalue weighted by Gasteiger charge is -2.26. The summed E-state index contributed by atoms with van der Waals surface area (Å²) in [4.78, 5) is 13.2. The summed E-state index contributed by atoms with van der Waals surface area (Å²) in [7, 11) is 0. The molecule has 5 nitrogen and oxygen atoms in total. The van der Waals surface area contributed by atoms with Crippen LogP contribution < -0.4 is 15.4 Å². The molecular formula is C20H22ClFN2O3S. The van der Waals surface area contributed by atoms with E-state index in [9.17, 15) is 14.3 Å². The Kier molecular flexibility index (Phi) is 7.04. The Balaban J connectivity index is 1.44. The van der Waals surface area contributed by atoms with E-state index in [1.165, 1.54) is 18.2 Å². The molecule has 0 fully saturated rings. The van der Waals surface area contributed by atoms with E-state index < -0.39 is 24.0 Å². The first-order valence-electron chi connectivity index (χ1n) is 9.00. The molecule has 0 aliphatic carbocycles. The van der Waals surface area contributed by atoms with Gasteiger partial charge in [0.25, 0.3) is 0 Å². The molecule has 2 aromatic rings. The lowest BCUT2D eigenvalue weighted by molar-refractivity contribution is 0.133. The van der Waals surface area contributed by atoms with Crippen LogP contribution in [0.2, 0.25) is 5.02 Å². The predicted octanol–water partition coefficient (Wildman–Crippen LogP) is 4.14. The van der Waals surface area contributed by atoms with Crippen molar-refractivity contribution in [1.29, 1.82) is 0 Å². The van der Waals surface area contributed by atoms with Gasteiger partial charge in [0.05, 0.1) is 6.04 Å². The third-order valence-corrected chi connectivity index (χ3v) is 5.96. The second-order valence-electron chi connectivity index (χ2n) is 6.56. The number of carbonyl (C=O) groups excluding carboxylic acids is 1. The average molecular weight is 425 g/mol. The van der Waals surface area contributed by atoms with Crippen LogP contribution in [0, 0.1) is 5.82 Å². The number of thioether (sulfide) groups is 1. The van der Waals surface area contributed by atoms with Crippen molar-refractivity contribution < 1.29 is 19.0 Å². The molecule has 28 heavy (non-hydrogen) atoms. The van der Waals surface area contributed by atoms with Gasteiger partial charge < -0.3 is 20.5 Å². The molecule has 0 aromatic heterocycles. The van der Waals surface area contributed by atoms with E-state index in [1.54, 1.807) is 18.7 Å². The van der Waals surface area contributed by atoms with E-state index in [-0.39, 0.29) is 16.7 Å². The fourth-order valence-corrected chi connectivity index (χ4v) is 4.24. The summed E-state index contributed by atoms with van der Waals surface area (Å²) in [5, 5.41) is 15.8. The van der Waals surface area contributed by atoms with Gasteiger partial charge in [0.2, 0.25) is 0 Å². The van der Waals surface area contributed by atoms with Crippen LogP contribution in [-0.4, -0.2) is 35.6 Å². The topological polar surface area (TPSA) is 70.6 Å². The normalized spacial score (nSPS) is 17.8. The Hall–Kier alpha value is -1.96. The van der Waals surface area contributed by atoms with Crippen LogP contribution in [0.4, 0.5) is 9.18 Å². The highest BCUT2D eigenvalue weighted by Gasteiger charge is 2.24. The molecule has 0 saturated carbocycles. The number of nitrogens with one attached hydrogen (secondary N) is 2. The number of para-hydroxylation sites is 1. The summed E-state index contributed by atoms with van der Waals surface area (Å²) in [6, 6.07) is 10.9. The first kappa shape index (κ1) is 20.8. The zero-order valence-corrected chi connectivity index (χ0v) is 16.9. The molecule has 150 valence electrons. The molecule has 2 amide bonds. The standard InChI is InChI=1S/C20H22ClFN2O3S/c1-12(19(25)18-14(21)5-4-6-15(18)22)24-20(26)23-10-9-13-11-28-17-8-3-2-7-16(17)27-13/h2-8,12-13,19,25H,9-11H2,1H3,(H2,23,24,26). The number of benzene rings is 2. The highest BCUT2D eigenvalue weighted by Crippen LogP contribution is 2.35. The van der Waals surface area contributed by atoms with E-state index in [2.05, 4.69) is 10.6 Å². The van der Waals surface area contributed by atoms with E-state index in [4.69, 9.17) is 16.3 Å². The van der Waals surface area contributed by atoms with Gasteiger partial charge in [0.1, 0.15) is 23.8 Å². The Bertz CT molecular complexity index is 819. The minimum Gasteiger partial charge on any atom is -0.488 e. The molecule has 1 aliphatic rings. The van der Waals surface area contributed by atoms with Crippen molar-refractivity contribution in [1.82, 2.24) is 10.6 Å². The van der Waals surface area contributed by atoms with E-state index in [0.29, 0.717) is 13.0 Å². The predicted molar refractivity (Wildman–Crippen MR) is 109 cm³/mol. The fraction of sp³-hybridized carbons (Fsp3) is 0.350. The maximum atomic E-state index is 13.9. The van der Waals surface area contributed by atoms with Crippen molar-refractivity contribution in [2.24, 2.45) is 0 Å². The molecule has 2 aromatic carbocycles. The SMILES string of the molecule is CC(NC(=O)NCCC1CSc2ccccc2O1)C(O)c1c(F)cccc1Cl. The average Bonchev–Trinajstić information content (AvgIpc) is 2.67. The van der Waals surface area contributed by atoms with Crippen LogP contribution in [0.1, 0.15) is 25.0 Å². The van der Waals surface area contributed by atoms with Crippen LogP contribution in [0.15, 0.2) is 47.4 Å². The number of aliphatic hydroxyl groups is 1. The Morgan fingerprint density at radius 3 is 2.93 bits per heavy atom. The minimum absolute atomic E-state index is 0.0143. The molecule has 8 heteroatoms. The Labute approximate surface area is 172 Å². The molecular weight excluding hydrogens is 403 g/mol. The zero-order valence-electron chi connectivity index (χ0n) is 15.3. The van der Waals surface area contributed by atoms with Crippen molar-refractivity contribution in [2.45, 2.75) is 36.5 Å². The molecule has 0 spiro atoms. The molecule has 0 bridgehead atoms. The number of hydrogen-bond acceptors (Lipinski definition) is 4. The molecule has 0 saturated heterocycles. The summed E-state index contributed by atoms with van der Waals surface area (Å²) in [6.45, 7) is 2.01. The minimum atomic E-state index is -1.26. The van der Waals surface area contributed by atoms with Crippen LogP contribution in [0.25, 0.3) is 0 Å². The van der Waals surface area contributed by atoms with Crippen LogP contribution in [0.5, 0.6) is 5.75 Å². The maximum absolute atomic E-state index is 13.9. The number of rotatable bonds is 6. The first-order chi connectivity index (χ1) is 13.5. The van der Waals surface area contributed by atoms with Crippen molar-refractivity contribution in [2.75, 3.05) is 12.3 Å². The van der Waals surface area contributed by atoms with Crippen molar-refractivity contribution in [3.8, 4) is 5.75 Å². The van der Waals surface area contributed by atoms with Crippen LogP contribution in [0.3, 0.4) is 0 Å². The molecule has 3 rings (SSSR count). The van der Waals surface area contributed by atoms with Gasteiger partial charge in [-0.3, -0.25) is 0 Å². The van der Waals surface area contributed by atoms with E-state index in [1.807, 2.05) is 24.3 Å². The lowest BCUT2D eigenvalue weighted by Crippen LogP contribution is -2.44. The lowest BCUT2D eigenvalue weighted by atomic mass is 10.0. The summed E-state index contributed by atoms with van der Waals surface area (Å²) in [5.74, 6) is 1.08. The number of carbonyl (C=O) groups is 1. The quantitative estimate of drug-likeness (QED) is 0.651. The van der Waals surface area contributed by atoms with Crippen LogP contribution in [-0.2, 0) is 0 Å². The van der Waals surface area contributed by atoms with Gasteiger partial charge >= 0.3 is 6.03 Å². The number of ether oxygens (including phenoxy) is 1. The molecule has 3 atom stereocenters. The number of halogens is 2.